The molecule has 0 bridgehead atoms. The molecule has 7 heteroatoms. The summed E-state index contributed by atoms with van der Waals surface area (Å²) < 4.78 is 0. The van der Waals surface area contributed by atoms with Crippen LogP contribution in [0.2, 0.25) is 0 Å². The molecule has 2 rings (SSSR count). The van der Waals surface area contributed by atoms with E-state index in [1.807, 2.05) is 5.38 Å². The maximum Gasteiger partial charge on any atom is 0.306 e. The molecule has 2 N–H and O–H groups in total. The molecule has 2 amide bonds. The highest BCUT2D eigenvalue weighted by Gasteiger charge is 2.30. The van der Waals surface area contributed by atoms with Crippen LogP contribution in [0.25, 0.3) is 0 Å². The van der Waals surface area contributed by atoms with Crippen LogP contribution in [0.5, 0.6) is 0 Å². The third-order valence-corrected chi connectivity index (χ3v) is 4.46. The standard InChI is InChI=1S/C14H18N2O4S/c1-16(13(18)11-3-2-6-21-11)8-12(17)15-10-5-4-9(7-10)14(19)20/h2-3,6,9-10H,4-5,7-8H2,1H3,(H,15,17)(H,19,20)/t9-,10+/m0/s1. The van der Waals surface area contributed by atoms with Gasteiger partial charge < -0.3 is 15.3 Å². The Kier molecular flexibility index (Phi) is 4.95. The largest absolute Gasteiger partial charge is 0.481 e. The molecule has 0 unspecified atom stereocenters. The number of nitrogens with one attached hydrogen (secondary N) is 1. The molecule has 0 aromatic carbocycles. The number of hydrogen-bond donors (Lipinski definition) is 2. The lowest BCUT2D eigenvalue weighted by Gasteiger charge is -2.18. The Labute approximate surface area is 126 Å². The molecule has 1 saturated carbocycles. The second-order valence-corrected chi connectivity index (χ2v) is 6.20. The molecule has 1 aliphatic rings. The van der Waals surface area contributed by atoms with Crippen LogP contribution in [0.3, 0.4) is 0 Å². The minimum absolute atomic E-state index is 0.0228. The summed E-state index contributed by atoms with van der Waals surface area (Å²) in [6, 6.07) is 3.40. The van der Waals surface area contributed by atoms with Crippen molar-refractivity contribution in [1.82, 2.24) is 10.2 Å². The summed E-state index contributed by atoms with van der Waals surface area (Å²) in [7, 11) is 1.58. The van der Waals surface area contributed by atoms with E-state index < -0.39 is 5.97 Å². The van der Waals surface area contributed by atoms with Crippen LogP contribution < -0.4 is 5.32 Å². The van der Waals surface area contributed by atoms with Crippen LogP contribution in [-0.4, -0.2) is 47.4 Å². The molecule has 1 heterocycles. The molecule has 0 aliphatic heterocycles. The maximum atomic E-state index is 12.0. The summed E-state index contributed by atoms with van der Waals surface area (Å²) in [4.78, 5) is 36.7. The molecule has 114 valence electrons. The third kappa shape index (κ3) is 4.04. The predicted octanol–water partition coefficient (Wildman–Crippen LogP) is 1.19. The Balaban J connectivity index is 1.80. The number of nitrogens with zero attached hydrogens (tertiary/aromatic N) is 1. The highest BCUT2D eigenvalue weighted by atomic mass is 32.1. The van der Waals surface area contributed by atoms with Gasteiger partial charge in [-0.1, -0.05) is 6.07 Å². The van der Waals surface area contributed by atoms with Gasteiger partial charge in [-0.05, 0) is 30.7 Å². The van der Waals surface area contributed by atoms with Gasteiger partial charge in [-0.25, -0.2) is 0 Å². The monoisotopic (exact) mass is 310 g/mol. The smallest absolute Gasteiger partial charge is 0.306 e. The Hall–Kier alpha value is -1.89. The number of carboxylic acids is 1. The highest BCUT2D eigenvalue weighted by molar-refractivity contribution is 7.12. The van der Waals surface area contributed by atoms with Crippen molar-refractivity contribution in [3.05, 3.63) is 22.4 Å². The summed E-state index contributed by atoms with van der Waals surface area (Å²) >= 11 is 1.33. The number of thiophene rings is 1. The van der Waals surface area contributed by atoms with Crippen LogP contribution in [-0.2, 0) is 9.59 Å². The minimum Gasteiger partial charge on any atom is -0.481 e. The third-order valence-electron chi connectivity index (χ3n) is 3.61. The molecular weight excluding hydrogens is 292 g/mol. The van der Waals surface area contributed by atoms with E-state index in [1.54, 1.807) is 19.2 Å². The second kappa shape index (κ2) is 6.71. The summed E-state index contributed by atoms with van der Waals surface area (Å²) in [5.74, 6) is -1.62. The molecule has 21 heavy (non-hydrogen) atoms. The summed E-state index contributed by atoms with van der Waals surface area (Å²) in [5, 5.41) is 13.5. The Bertz CT molecular complexity index is 529. The van der Waals surface area contributed by atoms with Crippen molar-refractivity contribution in [3.63, 3.8) is 0 Å². The highest BCUT2D eigenvalue weighted by Crippen LogP contribution is 2.25. The van der Waals surface area contributed by atoms with E-state index in [-0.39, 0.29) is 30.3 Å². The van der Waals surface area contributed by atoms with Gasteiger partial charge in [0.2, 0.25) is 5.91 Å². The van der Waals surface area contributed by atoms with Crippen molar-refractivity contribution in [2.24, 2.45) is 5.92 Å². The lowest BCUT2D eigenvalue weighted by atomic mass is 10.1. The minimum atomic E-state index is -0.809. The molecule has 0 radical (unpaired) electrons. The van der Waals surface area contributed by atoms with Gasteiger partial charge in [0, 0.05) is 13.1 Å². The fourth-order valence-electron chi connectivity index (χ4n) is 2.49. The zero-order valence-corrected chi connectivity index (χ0v) is 12.6. The Morgan fingerprint density at radius 2 is 2.19 bits per heavy atom. The summed E-state index contributed by atoms with van der Waals surface area (Å²) in [6.45, 7) is -0.0228. The van der Waals surface area contributed by atoms with Crippen LogP contribution in [0.15, 0.2) is 17.5 Å². The van der Waals surface area contributed by atoms with Crippen molar-refractivity contribution in [2.75, 3.05) is 13.6 Å². The zero-order valence-electron chi connectivity index (χ0n) is 11.7. The van der Waals surface area contributed by atoms with Crippen molar-refractivity contribution < 1.29 is 19.5 Å². The van der Waals surface area contributed by atoms with E-state index in [0.717, 1.165) is 0 Å². The van der Waals surface area contributed by atoms with Crippen LogP contribution in [0.1, 0.15) is 28.9 Å². The number of likely N-dealkylation sites (N-methyl/N-ethyl adjacent to an activating group) is 1. The molecular formula is C14H18N2O4S. The first-order valence-corrected chi connectivity index (χ1v) is 7.66. The first kappa shape index (κ1) is 15.5. The van der Waals surface area contributed by atoms with Gasteiger partial charge >= 0.3 is 5.97 Å². The van der Waals surface area contributed by atoms with E-state index in [0.29, 0.717) is 24.1 Å². The molecule has 0 saturated heterocycles. The van der Waals surface area contributed by atoms with Gasteiger partial charge in [0.1, 0.15) is 0 Å². The molecule has 1 fully saturated rings. The number of carboxylic acid groups (broad SMARTS) is 1. The number of aliphatic carboxylic acids is 1. The average Bonchev–Trinajstić information content (AvgIpc) is 3.08. The Morgan fingerprint density at radius 1 is 1.43 bits per heavy atom. The van der Waals surface area contributed by atoms with Gasteiger partial charge in [0.05, 0.1) is 17.3 Å². The Morgan fingerprint density at radius 3 is 2.76 bits per heavy atom. The van der Waals surface area contributed by atoms with E-state index in [2.05, 4.69) is 5.32 Å². The summed E-state index contributed by atoms with van der Waals surface area (Å²) in [6.07, 6.45) is 1.72. The van der Waals surface area contributed by atoms with Crippen LogP contribution >= 0.6 is 11.3 Å². The molecule has 2 atom stereocenters. The molecule has 1 aliphatic carbocycles. The van der Waals surface area contributed by atoms with Crippen molar-refractivity contribution >= 4 is 29.1 Å². The zero-order chi connectivity index (χ0) is 15.4. The van der Waals surface area contributed by atoms with E-state index >= 15 is 0 Å². The number of carbonyl (C=O) groups excluding carboxylic acids is 2. The maximum absolute atomic E-state index is 12.0. The normalized spacial score (nSPS) is 21.0. The molecule has 1 aromatic rings. The average molecular weight is 310 g/mol. The van der Waals surface area contributed by atoms with Gasteiger partial charge in [-0.2, -0.15) is 0 Å². The van der Waals surface area contributed by atoms with Crippen LogP contribution in [0.4, 0.5) is 0 Å². The first-order valence-electron chi connectivity index (χ1n) is 6.78. The number of carbonyl (C=O) groups is 3. The number of amides is 2. The lowest BCUT2D eigenvalue weighted by molar-refractivity contribution is -0.141. The van der Waals surface area contributed by atoms with E-state index in [9.17, 15) is 14.4 Å². The van der Waals surface area contributed by atoms with Crippen molar-refractivity contribution in [3.8, 4) is 0 Å². The van der Waals surface area contributed by atoms with Gasteiger partial charge in [-0.15, -0.1) is 11.3 Å². The summed E-state index contributed by atoms with van der Waals surface area (Å²) in [5.41, 5.74) is 0. The van der Waals surface area contributed by atoms with Gasteiger partial charge in [0.25, 0.3) is 5.91 Å². The van der Waals surface area contributed by atoms with E-state index in [4.69, 9.17) is 5.11 Å². The predicted molar refractivity (Wildman–Crippen MR) is 78.2 cm³/mol. The molecule has 6 nitrogen and oxygen atoms in total. The van der Waals surface area contributed by atoms with Crippen molar-refractivity contribution in [2.45, 2.75) is 25.3 Å². The first-order chi connectivity index (χ1) is 9.97. The van der Waals surface area contributed by atoms with Gasteiger partial charge in [-0.3, -0.25) is 14.4 Å². The molecule has 1 aromatic heterocycles. The van der Waals surface area contributed by atoms with E-state index in [1.165, 1.54) is 16.2 Å². The lowest BCUT2D eigenvalue weighted by Crippen LogP contribution is -2.42. The quantitative estimate of drug-likeness (QED) is 0.855. The SMILES string of the molecule is CN(CC(=O)N[C@@H]1CC[C@H](C(=O)O)C1)C(=O)c1cccs1. The fraction of sp³-hybridized carbons (Fsp3) is 0.500. The fourth-order valence-corrected chi connectivity index (χ4v) is 3.20. The molecule has 0 spiro atoms. The second-order valence-electron chi connectivity index (χ2n) is 5.25. The van der Waals surface area contributed by atoms with Gasteiger partial charge in [0.15, 0.2) is 0 Å². The van der Waals surface area contributed by atoms with Crippen molar-refractivity contribution in [1.29, 1.82) is 0 Å². The topological polar surface area (TPSA) is 86.7 Å². The number of rotatable bonds is 5. The van der Waals surface area contributed by atoms with Crippen LogP contribution in [0, 0.1) is 5.92 Å². The number of hydrogen-bond acceptors (Lipinski definition) is 4.